The molecule has 0 bridgehead atoms. The van der Waals surface area contributed by atoms with E-state index in [9.17, 15) is 9.18 Å². The van der Waals surface area contributed by atoms with Crippen LogP contribution in [0.1, 0.15) is 17.8 Å². The lowest BCUT2D eigenvalue weighted by molar-refractivity contribution is -0.133. The Balaban J connectivity index is 1.14. The molecule has 0 aliphatic carbocycles. The fourth-order valence-electron chi connectivity index (χ4n) is 4.21. The highest BCUT2D eigenvalue weighted by molar-refractivity contribution is 6.31. The van der Waals surface area contributed by atoms with Gasteiger partial charge in [0, 0.05) is 67.7 Å². The van der Waals surface area contributed by atoms with Crippen molar-refractivity contribution in [2.45, 2.75) is 19.4 Å². The minimum atomic E-state index is -0.299. The zero-order valence-electron chi connectivity index (χ0n) is 17.0. The molecule has 31 heavy (non-hydrogen) atoms. The topological polar surface area (TPSA) is 68.0 Å². The Morgan fingerprint density at radius 3 is 2.77 bits per heavy atom. The third-order valence-corrected chi connectivity index (χ3v) is 6.15. The fourth-order valence-corrected chi connectivity index (χ4v) is 4.39. The van der Waals surface area contributed by atoms with E-state index in [2.05, 4.69) is 19.9 Å². The molecule has 1 aliphatic heterocycles. The lowest BCUT2D eigenvalue weighted by Crippen LogP contribution is -2.48. The zero-order chi connectivity index (χ0) is 21.4. The second-order valence-corrected chi connectivity index (χ2v) is 8.44. The van der Waals surface area contributed by atoms with E-state index in [1.54, 1.807) is 6.07 Å². The van der Waals surface area contributed by atoms with Gasteiger partial charge in [-0.05, 0) is 42.0 Å². The second-order valence-electron chi connectivity index (χ2n) is 8.01. The summed E-state index contributed by atoms with van der Waals surface area (Å²) >= 11 is 6.15. The Hall–Kier alpha value is -2.90. The third kappa shape index (κ3) is 4.29. The highest BCUT2D eigenvalue weighted by Crippen LogP contribution is 2.24. The van der Waals surface area contributed by atoms with Crippen molar-refractivity contribution < 1.29 is 9.18 Å². The van der Waals surface area contributed by atoms with Gasteiger partial charge in [0.05, 0.1) is 11.0 Å². The second kappa shape index (κ2) is 8.32. The van der Waals surface area contributed by atoms with Crippen molar-refractivity contribution in [3.63, 3.8) is 0 Å². The number of rotatable bonds is 5. The van der Waals surface area contributed by atoms with Gasteiger partial charge in [-0.15, -0.1) is 0 Å². The Morgan fingerprint density at radius 2 is 1.94 bits per heavy atom. The maximum Gasteiger partial charge on any atom is 0.223 e. The average molecular weight is 440 g/mol. The van der Waals surface area contributed by atoms with Gasteiger partial charge in [0.2, 0.25) is 5.91 Å². The first-order valence-electron chi connectivity index (χ1n) is 10.4. The number of aromatic nitrogens is 3. The van der Waals surface area contributed by atoms with Gasteiger partial charge < -0.3 is 14.9 Å². The van der Waals surface area contributed by atoms with Crippen LogP contribution in [0.2, 0.25) is 5.02 Å². The number of hydrogen-bond donors (Lipinski definition) is 2. The van der Waals surface area contributed by atoms with Crippen LogP contribution in [-0.4, -0.2) is 56.8 Å². The quantitative estimate of drug-likeness (QED) is 0.491. The Kier molecular flexibility index (Phi) is 5.38. The molecule has 0 spiro atoms. The molecule has 0 atom stereocenters. The number of carbonyl (C=O) groups is 1. The molecular formula is C23H23ClFN5O. The maximum atomic E-state index is 13.3. The summed E-state index contributed by atoms with van der Waals surface area (Å²) in [7, 11) is 0. The van der Waals surface area contributed by atoms with Gasteiger partial charge >= 0.3 is 0 Å². The number of nitrogens with one attached hydrogen (secondary N) is 2. The van der Waals surface area contributed by atoms with Crippen LogP contribution in [0, 0.1) is 5.82 Å². The molecular weight excluding hydrogens is 417 g/mol. The van der Waals surface area contributed by atoms with Crippen LogP contribution in [0.25, 0.3) is 21.9 Å². The summed E-state index contributed by atoms with van der Waals surface area (Å²) < 4.78 is 13.3. The normalized spacial score (nSPS) is 15.2. The van der Waals surface area contributed by atoms with Crippen LogP contribution >= 0.6 is 11.6 Å². The number of piperazine rings is 1. The van der Waals surface area contributed by atoms with Gasteiger partial charge in [-0.2, -0.15) is 0 Å². The zero-order valence-corrected chi connectivity index (χ0v) is 17.8. The van der Waals surface area contributed by atoms with E-state index < -0.39 is 0 Å². The number of hydrogen-bond acceptors (Lipinski definition) is 3. The van der Waals surface area contributed by atoms with Crippen LogP contribution in [-0.2, 0) is 17.8 Å². The number of halogens is 2. The highest BCUT2D eigenvalue weighted by atomic mass is 35.5. The molecule has 1 fully saturated rings. The van der Waals surface area contributed by atoms with Gasteiger partial charge in [-0.25, -0.2) is 9.37 Å². The first-order chi connectivity index (χ1) is 15.0. The number of imidazole rings is 1. The van der Waals surface area contributed by atoms with E-state index >= 15 is 0 Å². The molecule has 1 saturated heterocycles. The van der Waals surface area contributed by atoms with Gasteiger partial charge in [-0.1, -0.05) is 11.6 Å². The molecule has 2 aromatic carbocycles. The first-order valence-corrected chi connectivity index (χ1v) is 10.8. The predicted octanol–water partition coefficient (Wildman–Crippen LogP) is 4.11. The molecule has 3 heterocycles. The minimum absolute atomic E-state index is 0.130. The van der Waals surface area contributed by atoms with Crippen molar-refractivity contribution in [2.75, 3.05) is 26.2 Å². The SMILES string of the molecule is O=C(CCc1nc2ccc(F)cc2[nH]1)N1CCN(Cc2c[nH]c3ccc(Cl)cc23)CC1. The Morgan fingerprint density at radius 1 is 1.10 bits per heavy atom. The Bertz CT molecular complexity index is 1240. The van der Waals surface area contributed by atoms with E-state index in [1.165, 1.54) is 17.7 Å². The maximum absolute atomic E-state index is 13.3. The van der Waals surface area contributed by atoms with Crippen molar-refractivity contribution in [1.82, 2.24) is 24.8 Å². The number of amides is 1. The largest absolute Gasteiger partial charge is 0.361 e. The number of nitrogens with zero attached hydrogens (tertiary/aromatic N) is 3. The molecule has 1 amide bonds. The molecule has 160 valence electrons. The van der Waals surface area contributed by atoms with Gasteiger partial charge in [0.1, 0.15) is 11.6 Å². The molecule has 2 N–H and O–H groups in total. The highest BCUT2D eigenvalue weighted by Gasteiger charge is 2.22. The van der Waals surface area contributed by atoms with Gasteiger partial charge in [0.15, 0.2) is 0 Å². The van der Waals surface area contributed by atoms with Gasteiger partial charge in [0.25, 0.3) is 0 Å². The number of fused-ring (bicyclic) bond motifs is 2. The standard InChI is InChI=1S/C23H23ClFN5O/c24-16-1-3-19-18(11-16)15(13-26-19)14-29-7-9-30(10-8-29)23(31)6-5-22-27-20-4-2-17(25)12-21(20)28-22/h1-4,11-13,26H,5-10,14H2,(H,27,28). The van der Waals surface area contributed by atoms with E-state index in [0.717, 1.165) is 41.1 Å². The number of H-pyrrole nitrogens is 2. The molecule has 0 radical (unpaired) electrons. The summed E-state index contributed by atoms with van der Waals surface area (Å²) in [4.78, 5) is 27.8. The van der Waals surface area contributed by atoms with E-state index in [-0.39, 0.29) is 11.7 Å². The van der Waals surface area contributed by atoms with Crippen molar-refractivity contribution in [3.8, 4) is 0 Å². The summed E-state index contributed by atoms with van der Waals surface area (Å²) in [6, 6.07) is 10.3. The molecule has 0 saturated carbocycles. The minimum Gasteiger partial charge on any atom is -0.361 e. The Labute approximate surface area is 184 Å². The van der Waals surface area contributed by atoms with Crippen LogP contribution in [0.3, 0.4) is 0 Å². The molecule has 1 aliphatic rings. The summed E-state index contributed by atoms with van der Waals surface area (Å²) in [5, 5.41) is 1.88. The van der Waals surface area contributed by atoms with E-state index in [1.807, 2.05) is 29.3 Å². The molecule has 2 aromatic heterocycles. The van der Waals surface area contributed by atoms with Gasteiger partial charge in [-0.3, -0.25) is 9.69 Å². The van der Waals surface area contributed by atoms with Crippen LogP contribution in [0.15, 0.2) is 42.6 Å². The van der Waals surface area contributed by atoms with Crippen molar-refractivity contribution in [2.24, 2.45) is 0 Å². The summed E-state index contributed by atoms with van der Waals surface area (Å²) in [6.45, 7) is 3.93. The van der Waals surface area contributed by atoms with Crippen LogP contribution in [0.4, 0.5) is 4.39 Å². The van der Waals surface area contributed by atoms with Crippen molar-refractivity contribution in [1.29, 1.82) is 0 Å². The monoisotopic (exact) mass is 439 g/mol. The van der Waals surface area contributed by atoms with E-state index in [4.69, 9.17) is 11.6 Å². The molecule has 0 unspecified atom stereocenters. The fraction of sp³-hybridized carbons (Fsp3) is 0.304. The number of aromatic amines is 2. The number of benzene rings is 2. The van der Waals surface area contributed by atoms with Crippen molar-refractivity contribution >= 4 is 39.4 Å². The number of carbonyl (C=O) groups excluding carboxylic acids is 1. The molecule has 6 nitrogen and oxygen atoms in total. The lowest BCUT2D eigenvalue weighted by atomic mass is 10.1. The van der Waals surface area contributed by atoms with Crippen molar-refractivity contribution in [3.05, 3.63) is 64.8 Å². The third-order valence-electron chi connectivity index (χ3n) is 5.92. The smallest absolute Gasteiger partial charge is 0.223 e. The first kappa shape index (κ1) is 20.0. The number of aryl methyl sites for hydroxylation is 1. The average Bonchev–Trinajstić information content (AvgIpc) is 3.35. The summed E-state index contributed by atoms with van der Waals surface area (Å²) in [5.41, 5.74) is 3.69. The van der Waals surface area contributed by atoms with Crippen LogP contribution < -0.4 is 0 Å². The lowest BCUT2D eigenvalue weighted by Gasteiger charge is -2.34. The molecule has 5 rings (SSSR count). The molecule has 4 aromatic rings. The predicted molar refractivity (Wildman–Crippen MR) is 120 cm³/mol. The summed E-state index contributed by atoms with van der Waals surface area (Å²) in [6.07, 6.45) is 2.95. The molecule has 8 heteroatoms. The van der Waals surface area contributed by atoms with Crippen LogP contribution in [0.5, 0.6) is 0 Å². The summed E-state index contributed by atoms with van der Waals surface area (Å²) in [5.74, 6) is 0.545. The van der Waals surface area contributed by atoms with E-state index in [0.29, 0.717) is 37.3 Å².